The van der Waals surface area contributed by atoms with E-state index < -0.39 is 0 Å². The standard InChI is InChI=1S/C23H27N3O3S/c1-16-24-17(15-30-16)14-22(27)26-12-7-9-19-20(26)10-3-2-6-13-29-21-11-5-4-8-18(21)23(28)25-19/h2-5,8,11,15,19-20H,6-7,9-10,12-14H2,1H3,(H,25,28)/b3-2+/t19-,20-/m0/s1. The smallest absolute Gasteiger partial charge is 0.255 e. The van der Waals surface area contributed by atoms with Crippen LogP contribution in [0.15, 0.2) is 41.8 Å². The number of carbonyl (C=O) groups excluding carboxylic acids is 2. The van der Waals surface area contributed by atoms with Crippen molar-refractivity contribution in [3.63, 3.8) is 0 Å². The monoisotopic (exact) mass is 425 g/mol. The third-order valence-electron chi connectivity index (χ3n) is 5.63. The number of hydrogen-bond donors (Lipinski definition) is 1. The zero-order valence-electron chi connectivity index (χ0n) is 17.2. The summed E-state index contributed by atoms with van der Waals surface area (Å²) in [5.74, 6) is 0.534. The normalized spacial score (nSPS) is 23.1. The van der Waals surface area contributed by atoms with Crippen LogP contribution in [0.1, 0.15) is 46.7 Å². The molecule has 7 heteroatoms. The zero-order chi connectivity index (χ0) is 20.9. The fourth-order valence-corrected chi connectivity index (χ4v) is 4.80. The van der Waals surface area contributed by atoms with Crippen molar-refractivity contribution in [3.8, 4) is 5.75 Å². The van der Waals surface area contributed by atoms with Gasteiger partial charge in [-0.15, -0.1) is 11.3 Å². The first-order valence-electron chi connectivity index (χ1n) is 10.5. The number of benzene rings is 1. The van der Waals surface area contributed by atoms with Crippen LogP contribution in [0.2, 0.25) is 0 Å². The summed E-state index contributed by atoms with van der Waals surface area (Å²) in [4.78, 5) is 32.5. The number of amides is 2. The van der Waals surface area contributed by atoms with Crippen LogP contribution in [0.25, 0.3) is 0 Å². The van der Waals surface area contributed by atoms with Crippen LogP contribution in [-0.2, 0) is 11.2 Å². The van der Waals surface area contributed by atoms with Crippen LogP contribution in [0.5, 0.6) is 5.75 Å². The van der Waals surface area contributed by atoms with Crippen LogP contribution in [0.4, 0.5) is 0 Å². The Kier molecular flexibility index (Phi) is 6.47. The van der Waals surface area contributed by atoms with Gasteiger partial charge in [0.1, 0.15) is 5.75 Å². The summed E-state index contributed by atoms with van der Waals surface area (Å²) in [6.07, 6.45) is 7.72. The lowest BCUT2D eigenvalue weighted by Crippen LogP contribution is -2.57. The van der Waals surface area contributed by atoms with Crippen molar-refractivity contribution in [1.82, 2.24) is 15.2 Å². The molecule has 2 amide bonds. The Morgan fingerprint density at radius 2 is 2.20 bits per heavy atom. The van der Waals surface area contributed by atoms with Crippen LogP contribution in [0.3, 0.4) is 0 Å². The molecule has 0 saturated carbocycles. The highest BCUT2D eigenvalue weighted by Gasteiger charge is 2.35. The number of ether oxygens (including phenoxy) is 1. The second kappa shape index (κ2) is 9.43. The van der Waals surface area contributed by atoms with Crippen molar-refractivity contribution < 1.29 is 14.3 Å². The molecule has 3 heterocycles. The molecule has 1 aromatic carbocycles. The molecule has 0 unspecified atom stereocenters. The molecule has 0 bridgehead atoms. The molecule has 1 N–H and O–H groups in total. The first-order chi connectivity index (χ1) is 14.6. The van der Waals surface area contributed by atoms with Gasteiger partial charge in [0, 0.05) is 18.0 Å². The van der Waals surface area contributed by atoms with Gasteiger partial charge in [0.2, 0.25) is 5.91 Å². The Labute approximate surface area is 181 Å². The molecule has 0 radical (unpaired) electrons. The Morgan fingerprint density at radius 3 is 3.03 bits per heavy atom. The number of para-hydroxylation sites is 1. The molecule has 1 aromatic heterocycles. The van der Waals surface area contributed by atoms with Gasteiger partial charge in [-0.25, -0.2) is 4.98 Å². The maximum atomic E-state index is 13.1. The Bertz CT molecular complexity index is 939. The number of fused-ring (bicyclic) bond motifs is 2. The van der Waals surface area contributed by atoms with Gasteiger partial charge < -0.3 is 15.0 Å². The summed E-state index contributed by atoms with van der Waals surface area (Å²) in [5.41, 5.74) is 1.37. The van der Waals surface area contributed by atoms with Crippen LogP contribution in [-0.4, -0.2) is 46.9 Å². The Balaban J connectivity index is 1.56. The molecular weight excluding hydrogens is 398 g/mol. The maximum Gasteiger partial charge on any atom is 0.255 e. The summed E-state index contributed by atoms with van der Waals surface area (Å²) in [6.45, 7) is 3.18. The largest absolute Gasteiger partial charge is 0.492 e. The number of rotatable bonds is 2. The predicted octanol–water partition coefficient (Wildman–Crippen LogP) is 3.51. The number of aryl methyl sites for hydroxylation is 1. The molecule has 0 spiro atoms. The highest BCUT2D eigenvalue weighted by atomic mass is 32.1. The van der Waals surface area contributed by atoms with E-state index in [9.17, 15) is 9.59 Å². The van der Waals surface area contributed by atoms with Crippen molar-refractivity contribution >= 4 is 23.2 Å². The Morgan fingerprint density at radius 1 is 1.33 bits per heavy atom. The fraction of sp³-hybridized carbons (Fsp3) is 0.435. The van der Waals surface area contributed by atoms with Crippen molar-refractivity contribution in [2.45, 2.75) is 51.1 Å². The molecule has 0 aliphatic carbocycles. The molecule has 1 saturated heterocycles. The Hall–Kier alpha value is -2.67. The second-order valence-corrected chi connectivity index (χ2v) is 8.81. The third-order valence-corrected chi connectivity index (χ3v) is 6.46. The highest BCUT2D eigenvalue weighted by Crippen LogP contribution is 2.25. The average Bonchev–Trinajstić information content (AvgIpc) is 3.15. The first-order valence-corrected chi connectivity index (χ1v) is 11.4. The van der Waals surface area contributed by atoms with Crippen LogP contribution in [0, 0.1) is 6.92 Å². The summed E-state index contributed by atoms with van der Waals surface area (Å²) in [6, 6.07) is 7.18. The summed E-state index contributed by atoms with van der Waals surface area (Å²) < 4.78 is 5.81. The highest BCUT2D eigenvalue weighted by molar-refractivity contribution is 7.09. The predicted molar refractivity (Wildman–Crippen MR) is 117 cm³/mol. The van der Waals surface area contributed by atoms with Gasteiger partial charge in [0.25, 0.3) is 5.91 Å². The zero-order valence-corrected chi connectivity index (χ0v) is 18.0. The number of thiazole rings is 1. The quantitative estimate of drug-likeness (QED) is 0.748. The van der Waals surface area contributed by atoms with E-state index in [4.69, 9.17) is 4.74 Å². The topological polar surface area (TPSA) is 71.5 Å². The van der Waals surface area contributed by atoms with E-state index in [1.54, 1.807) is 17.4 Å². The van der Waals surface area contributed by atoms with E-state index >= 15 is 0 Å². The summed E-state index contributed by atoms with van der Waals surface area (Å²) in [5, 5.41) is 6.11. The molecule has 158 valence electrons. The van der Waals surface area contributed by atoms with Gasteiger partial charge >= 0.3 is 0 Å². The minimum Gasteiger partial charge on any atom is -0.492 e. The van der Waals surface area contributed by atoms with E-state index in [2.05, 4.69) is 22.5 Å². The lowest BCUT2D eigenvalue weighted by atomic mass is 9.92. The SMILES string of the molecule is Cc1nc(CC(=O)N2CCC[C@@H]3NC(=O)c4ccccc4OCC/C=C/C[C@@H]32)cs1. The van der Waals surface area contributed by atoms with Gasteiger partial charge in [-0.3, -0.25) is 9.59 Å². The van der Waals surface area contributed by atoms with Crippen LogP contribution < -0.4 is 10.1 Å². The number of aromatic nitrogens is 1. The second-order valence-electron chi connectivity index (χ2n) is 7.75. The van der Waals surface area contributed by atoms with E-state index in [0.717, 1.165) is 30.0 Å². The summed E-state index contributed by atoms with van der Waals surface area (Å²) >= 11 is 1.56. The number of piperidine rings is 1. The minimum absolute atomic E-state index is 0.0568. The molecule has 4 rings (SSSR count). The molecule has 2 atom stereocenters. The number of likely N-dealkylation sites (tertiary alicyclic amines) is 1. The maximum absolute atomic E-state index is 13.1. The molecule has 30 heavy (non-hydrogen) atoms. The van der Waals surface area contributed by atoms with E-state index in [0.29, 0.717) is 37.3 Å². The van der Waals surface area contributed by atoms with E-state index in [1.807, 2.05) is 35.4 Å². The van der Waals surface area contributed by atoms with Crippen LogP contribution >= 0.6 is 11.3 Å². The third kappa shape index (κ3) is 4.73. The number of nitrogens with one attached hydrogen (secondary N) is 1. The van der Waals surface area contributed by atoms with Gasteiger partial charge in [-0.05, 0) is 44.7 Å². The molecule has 2 aliphatic heterocycles. The summed E-state index contributed by atoms with van der Waals surface area (Å²) in [7, 11) is 0. The molecule has 1 fully saturated rings. The van der Waals surface area contributed by atoms with Gasteiger partial charge in [0.05, 0.1) is 35.3 Å². The van der Waals surface area contributed by atoms with Gasteiger partial charge in [-0.1, -0.05) is 24.3 Å². The number of hydrogen-bond acceptors (Lipinski definition) is 5. The molecule has 2 aromatic rings. The van der Waals surface area contributed by atoms with Crippen molar-refractivity contribution in [2.24, 2.45) is 0 Å². The lowest BCUT2D eigenvalue weighted by Gasteiger charge is -2.41. The fourth-order valence-electron chi connectivity index (χ4n) is 4.19. The molecular formula is C23H27N3O3S. The van der Waals surface area contributed by atoms with Crippen molar-refractivity contribution in [3.05, 3.63) is 58.1 Å². The molecule has 6 nitrogen and oxygen atoms in total. The van der Waals surface area contributed by atoms with E-state index in [-0.39, 0.29) is 23.9 Å². The average molecular weight is 426 g/mol. The number of nitrogens with zero attached hydrogens (tertiary/aromatic N) is 2. The van der Waals surface area contributed by atoms with Crippen molar-refractivity contribution in [2.75, 3.05) is 13.2 Å². The van der Waals surface area contributed by atoms with E-state index in [1.165, 1.54) is 0 Å². The van der Waals surface area contributed by atoms with Gasteiger partial charge in [0.15, 0.2) is 0 Å². The minimum atomic E-state index is -0.144. The van der Waals surface area contributed by atoms with Gasteiger partial charge in [-0.2, -0.15) is 0 Å². The number of carbonyl (C=O) groups is 2. The molecule has 2 aliphatic rings. The lowest BCUT2D eigenvalue weighted by molar-refractivity contribution is -0.134. The first kappa shape index (κ1) is 20.6. The van der Waals surface area contributed by atoms with Crippen molar-refractivity contribution in [1.29, 1.82) is 0 Å².